The normalized spacial score (nSPS) is 12.6. The molecule has 86 valence electrons. The highest BCUT2D eigenvalue weighted by Crippen LogP contribution is 2.43. The van der Waals surface area contributed by atoms with E-state index in [0.29, 0.717) is 6.61 Å². The molecule has 1 aromatic carbocycles. The van der Waals surface area contributed by atoms with E-state index >= 15 is 0 Å². The molecule has 0 saturated heterocycles. The van der Waals surface area contributed by atoms with Gasteiger partial charge in [-0.25, -0.2) is 0 Å². The summed E-state index contributed by atoms with van der Waals surface area (Å²) in [5.74, 6) is 2.42. The van der Waals surface area contributed by atoms with Crippen molar-refractivity contribution >= 4 is 15.9 Å². The molecule has 0 atom stereocenters. The van der Waals surface area contributed by atoms with Crippen LogP contribution in [0, 0.1) is 6.92 Å². The first-order chi connectivity index (χ1) is 7.77. The van der Waals surface area contributed by atoms with Crippen LogP contribution >= 0.6 is 15.9 Å². The zero-order valence-electron chi connectivity index (χ0n) is 9.09. The van der Waals surface area contributed by atoms with Gasteiger partial charge in [-0.1, -0.05) is 28.6 Å². The highest BCUT2D eigenvalue weighted by molar-refractivity contribution is 9.08. The third-order valence-electron chi connectivity index (χ3n) is 2.41. The molecule has 0 unspecified atom stereocenters. The molecule has 0 radical (unpaired) electrons. The summed E-state index contributed by atoms with van der Waals surface area (Å²) in [6.45, 7) is 6.38. The Morgan fingerprint density at radius 2 is 2.38 bits per heavy atom. The monoisotopic (exact) mass is 284 g/mol. The summed E-state index contributed by atoms with van der Waals surface area (Å²) in [7, 11) is 0. The van der Waals surface area contributed by atoms with Crippen LogP contribution in [-0.4, -0.2) is 13.4 Å². The molecular weight excluding hydrogens is 272 g/mol. The lowest BCUT2D eigenvalue weighted by molar-refractivity contribution is 0.173. The smallest absolute Gasteiger partial charge is 0.231 e. The van der Waals surface area contributed by atoms with Crippen molar-refractivity contribution < 1.29 is 14.2 Å². The number of hydrogen-bond acceptors (Lipinski definition) is 3. The molecule has 0 fully saturated rings. The van der Waals surface area contributed by atoms with Gasteiger partial charge < -0.3 is 14.2 Å². The molecule has 2 rings (SSSR count). The summed E-state index contributed by atoms with van der Waals surface area (Å²) in [4.78, 5) is 0. The van der Waals surface area contributed by atoms with Gasteiger partial charge in [0.25, 0.3) is 0 Å². The minimum atomic E-state index is 0.281. The van der Waals surface area contributed by atoms with Crippen molar-refractivity contribution in [2.75, 3.05) is 13.4 Å². The van der Waals surface area contributed by atoms with Gasteiger partial charge in [0, 0.05) is 16.5 Å². The second-order valence-corrected chi connectivity index (χ2v) is 4.02. The van der Waals surface area contributed by atoms with E-state index in [2.05, 4.69) is 22.5 Å². The van der Waals surface area contributed by atoms with Gasteiger partial charge in [0.2, 0.25) is 6.79 Å². The molecule has 0 amide bonds. The number of ether oxygens (including phenoxy) is 3. The first-order valence-electron chi connectivity index (χ1n) is 4.99. The Hall–Kier alpha value is -1.16. The van der Waals surface area contributed by atoms with Gasteiger partial charge in [0.05, 0.1) is 0 Å². The van der Waals surface area contributed by atoms with Crippen LogP contribution in [0.2, 0.25) is 0 Å². The highest BCUT2D eigenvalue weighted by atomic mass is 79.9. The average Bonchev–Trinajstić information content (AvgIpc) is 2.76. The maximum absolute atomic E-state index is 5.65. The maximum Gasteiger partial charge on any atom is 0.231 e. The molecule has 0 spiro atoms. The summed E-state index contributed by atoms with van der Waals surface area (Å²) in [5.41, 5.74) is 2.04. The van der Waals surface area contributed by atoms with Crippen LogP contribution in [0.15, 0.2) is 18.7 Å². The van der Waals surface area contributed by atoms with E-state index in [1.807, 2.05) is 13.0 Å². The molecule has 16 heavy (non-hydrogen) atoms. The van der Waals surface area contributed by atoms with Crippen molar-refractivity contribution in [2.24, 2.45) is 0 Å². The van der Waals surface area contributed by atoms with Crippen LogP contribution in [0.25, 0.3) is 0 Å². The summed E-state index contributed by atoms with van der Waals surface area (Å²) in [6, 6.07) is 1.95. The van der Waals surface area contributed by atoms with Crippen LogP contribution in [0.3, 0.4) is 0 Å². The Morgan fingerprint density at radius 1 is 1.56 bits per heavy atom. The third-order valence-corrected chi connectivity index (χ3v) is 3.01. The van der Waals surface area contributed by atoms with Crippen LogP contribution in [0.1, 0.15) is 11.1 Å². The van der Waals surface area contributed by atoms with Crippen LogP contribution in [0.5, 0.6) is 17.2 Å². The van der Waals surface area contributed by atoms with Gasteiger partial charge in [0.15, 0.2) is 11.5 Å². The number of rotatable bonds is 4. The Labute approximate surface area is 103 Å². The lowest BCUT2D eigenvalue weighted by Gasteiger charge is -2.13. The first-order valence-corrected chi connectivity index (χ1v) is 6.11. The van der Waals surface area contributed by atoms with Crippen molar-refractivity contribution in [1.29, 1.82) is 0 Å². The maximum atomic E-state index is 5.65. The lowest BCUT2D eigenvalue weighted by atomic mass is 10.1. The number of alkyl halides is 1. The van der Waals surface area contributed by atoms with E-state index in [0.717, 1.165) is 33.7 Å². The number of hydrogen-bond donors (Lipinski definition) is 0. The number of fused-ring (bicyclic) bond motifs is 1. The predicted molar refractivity (Wildman–Crippen MR) is 65.6 cm³/mol. The molecule has 1 aliphatic rings. The van der Waals surface area contributed by atoms with Gasteiger partial charge in [-0.3, -0.25) is 0 Å². The van der Waals surface area contributed by atoms with E-state index in [1.54, 1.807) is 6.08 Å². The van der Waals surface area contributed by atoms with Gasteiger partial charge in [0.1, 0.15) is 12.4 Å². The minimum Gasteiger partial charge on any atom is -0.489 e. The van der Waals surface area contributed by atoms with Crippen LogP contribution in [0.4, 0.5) is 0 Å². The van der Waals surface area contributed by atoms with E-state index in [9.17, 15) is 0 Å². The molecule has 1 aromatic rings. The third kappa shape index (κ3) is 1.89. The Balaban J connectivity index is 2.44. The second kappa shape index (κ2) is 4.78. The standard InChI is InChI=1S/C12H13BrO3/c1-3-4-14-11-8(2)12-10(15-7-16-12)5-9(11)6-13/h3,5H,1,4,6-7H2,2H3. The number of benzene rings is 1. The predicted octanol–water partition coefficient (Wildman–Crippen LogP) is 3.18. The number of halogens is 1. The lowest BCUT2D eigenvalue weighted by Crippen LogP contribution is -1.99. The molecule has 1 aliphatic heterocycles. The quantitative estimate of drug-likeness (QED) is 0.628. The molecule has 1 heterocycles. The molecular formula is C12H13BrO3. The largest absolute Gasteiger partial charge is 0.489 e. The highest BCUT2D eigenvalue weighted by Gasteiger charge is 2.22. The fourth-order valence-corrected chi connectivity index (χ4v) is 2.12. The molecule has 3 nitrogen and oxygen atoms in total. The van der Waals surface area contributed by atoms with Crippen molar-refractivity contribution in [3.05, 3.63) is 29.8 Å². The Kier molecular flexibility index (Phi) is 3.39. The van der Waals surface area contributed by atoms with Crippen molar-refractivity contribution in [2.45, 2.75) is 12.3 Å². The SMILES string of the molecule is C=CCOc1c(CBr)cc2c(c1C)OCO2. The molecule has 0 saturated carbocycles. The van der Waals surface area contributed by atoms with E-state index < -0.39 is 0 Å². The molecule has 4 heteroatoms. The van der Waals surface area contributed by atoms with E-state index in [4.69, 9.17) is 14.2 Å². The molecule has 0 aromatic heterocycles. The van der Waals surface area contributed by atoms with Crippen LogP contribution < -0.4 is 14.2 Å². The van der Waals surface area contributed by atoms with E-state index in [-0.39, 0.29) is 6.79 Å². The van der Waals surface area contributed by atoms with Gasteiger partial charge in [-0.15, -0.1) is 0 Å². The summed E-state index contributed by atoms with van der Waals surface area (Å²) < 4.78 is 16.4. The van der Waals surface area contributed by atoms with Gasteiger partial charge >= 0.3 is 0 Å². The van der Waals surface area contributed by atoms with Crippen LogP contribution in [-0.2, 0) is 5.33 Å². The fourth-order valence-electron chi connectivity index (χ4n) is 1.70. The zero-order chi connectivity index (χ0) is 11.5. The molecule has 0 bridgehead atoms. The van der Waals surface area contributed by atoms with Crippen molar-refractivity contribution in [3.63, 3.8) is 0 Å². The van der Waals surface area contributed by atoms with Crippen molar-refractivity contribution in [1.82, 2.24) is 0 Å². The second-order valence-electron chi connectivity index (χ2n) is 3.46. The fraction of sp³-hybridized carbons (Fsp3) is 0.333. The van der Waals surface area contributed by atoms with Crippen molar-refractivity contribution in [3.8, 4) is 17.2 Å². The summed E-state index contributed by atoms with van der Waals surface area (Å²) in [6.07, 6.45) is 1.72. The topological polar surface area (TPSA) is 27.7 Å². The molecule has 0 N–H and O–H groups in total. The van der Waals surface area contributed by atoms with E-state index in [1.165, 1.54) is 0 Å². The minimum absolute atomic E-state index is 0.281. The Morgan fingerprint density at radius 3 is 3.06 bits per heavy atom. The van der Waals surface area contributed by atoms with Gasteiger partial charge in [-0.05, 0) is 13.0 Å². The summed E-state index contributed by atoms with van der Waals surface area (Å²) in [5, 5.41) is 0.719. The summed E-state index contributed by atoms with van der Waals surface area (Å²) >= 11 is 3.44. The Bertz CT molecular complexity index is 415. The first kappa shape index (κ1) is 11.3. The zero-order valence-corrected chi connectivity index (χ0v) is 10.7. The average molecular weight is 285 g/mol. The van der Waals surface area contributed by atoms with Gasteiger partial charge in [-0.2, -0.15) is 0 Å². The molecule has 0 aliphatic carbocycles.